The van der Waals surface area contributed by atoms with Crippen LogP contribution in [0.2, 0.25) is 0 Å². The van der Waals surface area contributed by atoms with Crippen molar-refractivity contribution in [3.8, 4) is 0 Å². The number of rotatable bonds is 5. The molecule has 0 aliphatic carbocycles. The topological polar surface area (TPSA) is 37.3 Å². The predicted octanol–water partition coefficient (Wildman–Crippen LogP) is 3.10. The van der Waals surface area contributed by atoms with E-state index in [9.17, 15) is 4.79 Å². The van der Waals surface area contributed by atoms with Crippen molar-refractivity contribution in [1.29, 1.82) is 0 Å². The fourth-order valence-electron chi connectivity index (χ4n) is 1.56. The zero-order valence-electron chi connectivity index (χ0n) is 9.42. The van der Waals surface area contributed by atoms with Crippen LogP contribution in [0, 0.1) is 13.8 Å². The zero-order chi connectivity index (χ0) is 11.3. The third-order valence-electron chi connectivity index (χ3n) is 2.68. The normalized spacial score (nSPS) is 10.3. The Hall–Kier alpha value is -1.31. The first-order chi connectivity index (χ1) is 7.09. The maximum atomic E-state index is 10.3. The van der Waals surface area contributed by atoms with Crippen molar-refractivity contribution in [3.05, 3.63) is 34.9 Å². The van der Waals surface area contributed by atoms with Gasteiger partial charge in [0.05, 0.1) is 0 Å². The van der Waals surface area contributed by atoms with Crippen LogP contribution in [0.1, 0.15) is 36.0 Å². The highest BCUT2D eigenvalue weighted by Crippen LogP contribution is 2.12. The van der Waals surface area contributed by atoms with Crippen molar-refractivity contribution in [1.82, 2.24) is 0 Å². The second kappa shape index (κ2) is 5.54. The van der Waals surface area contributed by atoms with Crippen LogP contribution >= 0.6 is 0 Å². The van der Waals surface area contributed by atoms with E-state index in [-0.39, 0.29) is 6.42 Å². The first-order valence-electron chi connectivity index (χ1n) is 5.37. The molecule has 0 saturated carbocycles. The Labute approximate surface area is 90.9 Å². The summed E-state index contributed by atoms with van der Waals surface area (Å²) in [6.07, 6.45) is 2.98. The smallest absolute Gasteiger partial charge is 0.303 e. The van der Waals surface area contributed by atoms with Crippen LogP contribution in [0.25, 0.3) is 0 Å². The van der Waals surface area contributed by atoms with Crippen molar-refractivity contribution in [2.75, 3.05) is 0 Å². The predicted molar refractivity (Wildman–Crippen MR) is 61.1 cm³/mol. The van der Waals surface area contributed by atoms with E-state index in [0.29, 0.717) is 0 Å². The van der Waals surface area contributed by atoms with Crippen LogP contribution in [-0.2, 0) is 11.2 Å². The van der Waals surface area contributed by atoms with Crippen LogP contribution in [-0.4, -0.2) is 11.1 Å². The molecule has 0 heterocycles. The highest BCUT2D eigenvalue weighted by molar-refractivity contribution is 5.66. The Bertz CT molecular complexity index is 342. The third-order valence-corrected chi connectivity index (χ3v) is 2.68. The van der Waals surface area contributed by atoms with Crippen LogP contribution in [0.3, 0.4) is 0 Å². The molecular weight excluding hydrogens is 188 g/mol. The molecular formula is C13H18O2. The summed E-state index contributed by atoms with van der Waals surface area (Å²) in [6, 6.07) is 6.45. The van der Waals surface area contributed by atoms with E-state index in [0.717, 1.165) is 19.3 Å². The highest BCUT2D eigenvalue weighted by Gasteiger charge is 1.99. The van der Waals surface area contributed by atoms with Crippen molar-refractivity contribution < 1.29 is 9.90 Å². The lowest BCUT2D eigenvalue weighted by molar-refractivity contribution is -0.137. The van der Waals surface area contributed by atoms with Crippen LogP contribution < -0.4 is 0 Å². The molecule has 1 N–H and O–H groups in total. The molecule has 0 bridgehead atoms. The molecule has 15 heavy (non-hydrogen) atoms. The van der Waals surface area contributed by atoms with Crippen molar-refractivity contribution >= 4 is 5.97 Å². The molecule has 0 radical (unpaired) electrons. The quantitative estimate of drug-likeness (QED) is 0.752. The van der Waals surface area contributed by atoms with Gasteiger partial charge in [0.2, 0.25) is 0 Å². The molecule has 0 amide bonds. The molecule has 0 spiro atoms. The van der Waals surface area contributed by atoms with Crippen molar-refractivity contribution in [3.63, 3.8) is 0 Å². The van der Waals surface area contributed by atoms with E-state index in [2.05, 4.69) is 32.0 Å². The number of aryl methyl sites for hydroxylation is 3. The maximum absolute atomic E-state index is 10.3. The van der Waals surface area contributed by atoms with Gasteiger partial charge in [0.25, 0.3) is 0 Å². The third kappa shape index (κ3) is 4.15. The molecule has 1 aromatic carbocycles. The zero-order valence-corrected chi connectivity index (χ0v) is 9.42. The van der Waals surface area contributed by atoms with E-state index >= 15 is 0 Å². The molecule has 0 aliphatic heterocycles. The number of carboxylic acids is 1. The lowest BCUT2D eigenvalue weighted by Gasteiger charge is -2.04. The standard InChI is InChI=1S/C13H18O2/c1-10-7-8-12(9-11(10)2)5-3-4-6-13(14)15/h7-9H,3-6H2,1-2H3,(H,14,15). The summed E-state index contributed by atoms with van der Waals surface area (Å²) in [4.78, 5) is 10.3. The molecule has 0 aromatic heterocycles. The average Bonchev–Trinajstić information content (AvgIpc) is 2.18. The second-order valence-corrected chi connectivity index (χ2v) is 4.02. The molecule has 0 atom stereocenters. The Balaban J connectivity index is 2.38. The minimum atomic E-state index is -0.699. The molecule has 1 aromatic rings. The van der Waals surface area contributed by atoms with Gasteiger partial charge >= 0.3 is 5.97 Å². The summed E-state index contributed by atoms with van der Waals surface area (Å²) in [5.41, 5.74) is 3.93. The minimum Gasteiger partial charge on any atom is -0.481 e. The van der Waals surface area contributed by atoms with E-state index in [4.69, 9.17) is 5.11 Å². The number of hydrogen-bond acceptors (Lipinski definition) is 1. The summed E-state index contributed by atoms with van der Waals surface area (Å²) in [5.74, 6) is -0.699. The summed E-state index contributed by atoms with van der Waals surface area (Å²) >= 11 is 0. The lowest BCUT2D eigenvalue weighted by atomic mass is 10.0. The SMILES string of the molecule is Cc1ccc(CCCCC(=O)O)cc1C. The Kier molecular flexibility index (Phi) is 4.35. The largest absolute Gasteiger partial charge is 0.481 e. The van der Waals surface area contributed by atoms with Gasteiger partial charge in [0.1, 0.15) is 0 Å². The van der Waals surface area contributed by atoms with Gasteiger partial charge < -0.3 is 5.11 Å². The number of aliphatic carboxylic acids is 1. The summed E-state index contributed by atoms with van der Waals surface area (Å²) in [6.45, 7) is 4.21. The Morgan fingerprint density at radius 1 is 1.20 bits per heavy atom. The number of benzene rings is 1. The van der Waals surface area contributed by atoms with Crippen LogP contribution in [0.15, 0.2) is 18.2 Å². The van der Waals surface area contributed by atoms with Gasteiger partial charge in [-0.3, -0.25) is 4.79 Å². The van der Waals surface area contributed by atoms with Gasteiger partial charge in [-0.1, -0.05) is 18.2 Å². The molecule has 0 unspecified atom stereocenters. The van der Waals surface area contributed by atoms with Gasteiger partial charge in [-0.2, -0.15) is 0 Å². The second-order valence-electron chi connectivity index (χ2n) is 4.02. The van der Waals surface area contributed by atoms with E-state index in [1.807, 2.05) is 0 Å². The molecule has 82 valence electrons. The van der Waals surface area contributed by atoms with Gasteiger partial charge in [-0.15, -0.1) is 0 Å². The number of unbranched alkanes of at least 4 members (excludes halogenated alkanes) is 1. The molecule has 0 aliphatic rings. The van der Waals surface area contributed by atoms with Gasteiger partial charge in [-0.25, -0.2) is 0 Å². The first kappa shape index (κ1) is 11.8. The molecule has 1 rings (SSSR count). The fourth-order valence-corrected chi connectivity index (χ4v) is 1.56. The van der Waals surface area contributed by atoms with Crippen molar-refractivity contribution in [2.45, 2.75) is 39.5 Å². The van der Waals surface area contributed by atoms with Crippen LogP contribution in [0.4, 0.5) is 0 Å². The maximum Gasteiger partial charge on any atom is 0.303 e. The van der Waals surface area contributed by atoms with E-state index in [1.54, 1.807) is 0 Å². The minimum absolute atomic E-state index is 0.283. The Morgan fingerprint density at radius 3 is 2.53 bits per heavy atom. The van der Waals surface area contributed by atoms with Gasteiger partial charge in [0.15, 0.2) is 0 Å². The lowest BCUT2D eigenvalue weighted by Crippen LogP contribution is -1.95. The molecule has 2 heteroatoms. The van der Waals surface area contributed by atoms with E-state index < -0.39 is 5.97 Å². The first-order valence-corrected chi connectivity index (χ1v) is 5.37. The molecule has 2 nitrogen and oxygen atoms in total. The highest BCUT2D eigenvalue weighted by atomic mass is 16.4. The fraction of sp³-hybridized carbons (Fsp3) is 0.462. The van der Waals surface area contributed by atoms with Crippen molar-refractivity contribution in [2.24, 2.45) is 0 Å². The summed E-state index contributed by atoms with van der Waals surface area (Å²) in [5, 5.41) is 8.49. The monoisotopic (exact) mass is 206 g/mol. The number of hydrogen-bond donors (Lipinski definition) is 1. The molecule has 0 saturated heterocycles. The summed E-state index contributed by atoms with van der Waals surface area (Å²) in [7, 11) is 0. The van der Waals surface area contributed by atoms with Crippen LogP contribution in [0.5, 0.6) is 0 Å². The molecule has 0 fully saturated rings. The number of carboxylic acid groups (broad SMARTS) is 1. The van der Waals surface area contributed by atoms with Gasteiger partial charge in [0, 0.05) is 6.42 Å². The average molecular weight is 206 g/mol. The number of carbonyl (C=O) groups is 1. The van der Waals surface area contributed by atoms with E-state index in [1.165, 1.54) is 16.7 Å². The van der Waals surface area contributed by atoms with Gasteiger partial charge in [-0.05, 0) is 49.8 Å². The Morgan fingerprint density at radius 2 is 1.93 bits per heavy atom. The summed E-state index contributed by atoms with van der Waals surface area (Å²) < 4.78 is 0.